The molecule has 1 aliphatic heterocycles. The van der Waals surface area contributed by atoms with E-state index in [2.05, 4.69) is 85.5 Å². The highest BCUT2D eigenvalue weighted by Crippen LogP contribution is 2.51. The Hall–Kier alpha value is -2.19. The SMILES string of the molecule is Cc1ccc(C)c(N2c3ccccc3Sc3ccccc32)c1. The van der Waals surface area contributed by atoms with Gasteiger partial charge in [-0.2, -0.15) is 0 Å². The molecule has 0 aliphatic carbocycles. The predicted molar refractivity (Wildman–Crippen MR) is 94.7 cm³/mol. The Bertz CT molecular complexity index is 808. The molecule has 0 aromatic heterocycles. The van der Waals surface area contributed by atoms with Crippen LogP contribution in [0.1, 0.15) is 11.1 Å². The highest BCUT2D eigenvalue weighted by molar-refractivity contribution is 7.99. The summed E-state index contributed by atoms with van der Waals surface area (Å²) in [6.45, 7) is 4.33. The summed E-state index contributed by atoms with van der Waals surface area (Å²) in [5.74, 6) is 0. The number of hydrogen-bond donors (Lipinski definition) is 0. The summed E-state index contributed by atoms with van der Waals surface area (Å²) in [6.07, 6.45) is 0. The molecular formula is C20H17NS. The maximum Gasteiger partial charge on any atom is 0.0601 e. The van der Waals surface area contributed by atoms with E-state index in [1.165, 1.54) is 38.0 Å². The molecule has 0 fully saturated rings. The number of nitrogens with zero attached hydrogens (tertiary/aromatic N) is 1. The molecule has 0 saturated heterocycles. The van der Waals surface area contributed by atoms with Crippen molar-refractivity contribution in [2.24, 2.45) is 0 Å². The number of benzene rings is 3. The van der Waals surface area contributed by atoms with Gasteiger partial charge in [0.1, 0.15) is 0 Å². The van der Waals surface area contributed by atoms with E-state index >= 15 is 0 Å². The minimum atomic E-state index is 1.26. The molecule has 1 aliphatic rings. The monoisotopic (exact) mass is 303 g/mol. The Morgan fingerprint density at radius 3 is 1.91 bits per heavy atom. The van der Waals surface area contributed by atoms with Crippen molar-refractivity contribution in [1.82, 2.24) is 0 Å². The molecule has 0 spiro atoms. The normalized spacial score (nSPS) is 12.7. The lowest BCUT2D eigenvalue weighted by Crippen LogP contribution is -2.15. The third-order valence-corrected chi connectivity index (χ3v) is 5.17. The van der Waals surface area contributed by atoms with Crippen molar-refractivity contribution in [2.75, 3.05) is 4.90 Å². The second-order valence-electron chi connectivity index (χ2n) is 5.66. The van der Waals surface area contributed by atoms with Crippen LogP contribution in [0.4, 0.5) is 17.1 Å². The van der Waals surface area contributed by atoms with Crippen molar-refractivity contribution in [3.05, 3.63) is 77.9 Å². The zero-order chi connectivity index (χ0) is 15.1. The molecule has 1 nitrogen and oxygen atoms in total. The highest BCUT2D eigenvalue weighted by atomic mass is 32.2. The van der Waals surface area contributed by atoms with Gasteiger partial charge in [-0.05, 0) is 55.3 Å². The lowest BCUT2D eigenvalue weighted by molar-refractivity contribution is 1.15. The summed E-state index contributed by atoms with van der Waals surface area (Å²) in [5, 5.41) is 0. The first-order valence-electron chi connectivity index (χ1n) is 7.47. The van der Waals surface area contributed by atoms with Crippen molar-refractivity contribution < 1.29 is 0 Å². The molecule has 0 atom stereocenters. The predicted octanol–water partition coefficient (Wildman–Crippen LogP) is 6.24. The van der Waals surface area contributed by atoms with Crippen molar-refractivity contribution in [2.45, 2.75) is 23.6 Å². The van der Waals surface area contributed by atoms with Crippen molar-refractivity contribution in [3.8, 4) is 0 Å². The van der Waals surface area contributed by atoms with Crippen molar-refractivity contribution >= 4 is 28.8 Å². The lowest BCUT2D eigenvalue weighted by atomic mass is 10.1. The third-order valence-electron chi connectivity index (χ3n) is 4.04. The second-order valence-corrected chi connectivity index (χ2v) is 6.75. The first-order chi connectivity index (χ1) is 10.7. The van der Waals surface area contributed by atoms with Gasteiger partial charge in [0.05, 0.1) is 11.4 Å². The molecule has 1 heterocycles. The summed E-state index contributed by atoms with van der Waals surface area (Å²) < 4.78 is 0. The summed E-state index contributed by atoms with van der Waals surface area (Å²) in [5.41, 5.74) is 6.37. The van der Waals surface area contributed by atoms with Crippen LogP contribution in [0.25, 0.3) is 0 Å². The average molecular weight is 303 g/mol. The molecule has 22 heavy (non-hydrogen) atoms. The summed E-state index contributed by atoms with van der Waals surface area (Å²) in [7, 11) is 0. The third kappa shape index (κ3) is 2.11. The van der Waals surface area contributed by atoms with Crippen molar-refractivity contribution in [3.63, 3.8) is 0 Å². The smallest absolute Gasteiger partial charge is 0.0601 e. The second kappa shape index (κ2) is 5.22. The maximum absolute atomic E-state index is 2.39. The molecule has 2 heteroatoms. The van der Waals surface area contributed by atoms with Gasteiger partial charge in [-0.3, -0.25) is 0 Å². The van der Waals surface area contributed by atoms with Crippen LogP contribution in [0, 0.1) is 13.8 Å². The molecule has 0 saturated carbocycles. The van der Waals surface area contributed by atoms with Gasteiger partial charge >= 0.3 is 0 Å². The van der Waals surface area contributed by atoms with E-state index < -0.39 is 0 Å². The highest BCUT2D eigenvalue weighted by Gasteiger charge is 2.24. The first-order valence-corrected chi connectivity index (χ1v) is 8.29. The Morgan fingerprint density at radius 1 is 0.682 bits per heavy atom. The largest absolute Gasteiger partial charge is 0.308 e. The number of fused-ring (bicyclic) bond motifs is 2. The van der Waals surface area contributed by atoms with Gasteiger partial charge in [0.15, 0.2) is 0 Å². The Labute approximate surface area is 135 Å². The minimum absolute atomic E-state index is 1.26. The number of para-hydroxylation sites is 2. The zero-order valence-electron chi connectivity index (χ0n) is 12.7. The summed E-state index contributed by atoms with van der Waals surface area (Å²) in [6, 6.07) is 23.9. The molecule has 108 valence electrons. The Kier molecular flexibility index (Phi) is 3.20. The van der Waals surface area contributed by atoms with Crippen LogP contribution in [0.5, 0.6) is 0 Å². The number of rotatable bonds is 1. The van der Waals surface area contributed by atoms with Gasteiger partial charge in [0.25, 0.3) is 0 Å². The fourth-order valence-corrected chi connectivity index (χ4v) is 3.98. The summed E-state index contributed by atoms with van der Waals surface area (Å²) >= 11 is 1.85. The Morgan fingerprint density at radius 2 is 1.27 bits per heavy atom. The average Bonchev–Trinajstić information content (AvgIpc) is 2.55. The molecule has 0 radical (unpaired) electrons. The van der Waals surface area contributed by atoms with Gasteiger partial charge in [-0.25, -0.2) is 0 Å². The van der Waals surface area contributed by atoms with Crippen LogP contribution in [0.3, 0.4) is 0 Å². The van der Waals surface area contributed by atoms with Crippen LogP contribution >= 0.6 is 11.8 Å². The number of anilines is 3. The molecule has 3 aromatic carbocycles. The standard InChI is InChI=1S/C20H17NS/c1-14-11-12-15(2)18(13-14)21-16-7-3-5-9-19(16)22-20-10-6-4-8-17(20)21/h3-13H,1-2H3. The fourth-order valence-electron chi connectivity index (χ4n) is 2.92. The van der Waals surface area contributed by atoms with E-state index in [0.717, 1.165) is 0 Å². The van der Waals surface area contributed by atoms with E-state index in [4.69, 9.17) is 0 Å². The van der Waals surface area contributed by atoms with Crippen LogP contribution < -0.4 is 4.90 Å². The van der Waals surface area contributed by atoms with Gasteiger partial charge in [0.2, 0.25) is 0 Å². The molecule has 0 bridgehead atoms. The van der Waals surface area contributed by atoms with Gasteiger partial charge in [-0.15, -0.1) is 0 Å². The number of hydrogen-bond acceptors (Lipinski definition) is 2. The molecular weight excluding hydrogens is 286 g/mol. The Balaban J connectivity index is 2.01. The van der Waals surface area contributed by atoms with Crippen LogP contribution in [-0.2, 0) is 0 Å². The molecule has 3 aromatic rings. The van der Waals surface area contributed by atoms with E-state index in [9.17, 15) is 0 Å². The number of aryl methyl sites for hydroxylation is 2. The van der Waals surface area contributed by atoms with Crippen LogP contribution in [0.2, 0.25) is 0 Å². The molecule has 0 N–H and O–H groups in total. The van der Waals surface area contributed by atoms with Crippen LogP contribution in [0.15, 0.2) is 76.5 Å². The zero-order valence-corrected chi connectivity index (χ0v) is 13.5. The van der Waals surface area contributed by atoms with Gasteiger partial charge in [-0.1, -0.05) is 48.2 Å². The maximum atomic E-state index is 2.39. The van der Waals surface area contributed by atoms with E-state index in [1.807, 2.05) is 11.8 Å². The molecule has 0 unspecified atom stereocenters. The topological polar surface area (TPSA) is 3.24 Å². The van der Waals surface area contributed by atoms with Crippen molar-refractivity contribution in [1.29, 1.82) is 0 Å². The molecule has 4 rings (SSSR count). The quantitative estimate of drug-likeness (QED) is 0.409. The van der Waals surface area contributed by atoms with E-state index in [1.54, 1.807) is 0 Å². The van der Waals surface area contributed by atoms with E-state index in [0.29, 0.717) is 0 Å². The van der Waals surface area contributed by atoms with Gasteiger partial charge < -0.3 is 4.90 Å². The summed E-state index contributed by atoms with van der Waals surface area (Å²) in [4.78, 5) is 5.01. The fraction of sp³-hybridized carbons (Fsp3) is 0.100. The van der Waals surface area contributed by atoms with Gasteiger partial charge in [0, 0.05) is 15.5 Å². The lowest BCUT2D eigenvalue weighted by Gasteiger charge is -2.33. The molecule has 0 amide bonds. The van der Waals surface area contributed by atoms with Crippen LogP contribution in [-0.4, -0.2) is 0 Å². The first kappa shape index (κ1) is 13.5. The van der Waals surface area contributed by atoms with E-state index in [-0.39, 0.29) is 0 Å². The minimum Gasteiger partial charge on any atom is -0.308 e.